The largest absolute Gasteiger partial charge is 0.481 e. The number of hydrogen-bond donors (Lipinski definition) is 2. The lowest BCUT2D eigenvalue weighted by Crippen LogP contribution is -2.33. The fraction of sp³-hybridized carbons (Fsp3) is 0.500. The predicted molar refractivity (Wildman–Crippen MR) is 107 cm³/mol. The van der Waals surface area contributed by atoms with Crippen molar-refractivity contribution >= 4 is 17.7 Å². The van der Waals surface area contributed by atoms with Gasteiger partial charge < -0.3 is 14.9 Å². The number of hydrogen-bond acceptors (Lipinski definition) is 5. The zero-order valence-electron chi connectivity index (χ0n) is 16.6. The summed E-state index contributed by atoms with van der Waals surface area (Å²) < 4.78 is 5.51. The van der Waals surface area contributed by atoms with Crippen LogP contribution in [0.4, 0.5) is 0 Å². The van der Waals surface area contributed by atoms with Crippen LogP contribution in [0.1, 0.15) is 58.8 Å². The van der Waals surface area contributed by atoms with Crippen LogP contribution in [-0.4, -0.2) is 39.6 Å². The van der Waals surface area contributed by atoms with Crippen LogP contribution in [0.2, 0.25) is 0 Å². The van der Waals surface area contributed by atoms with E-state index in [0.717, 1.165) is 25.7 Å². The highest BCUT2D eigenvalue weighted by Gasteiger charge is 2.41. The third-order valence-electron chi connectivity index (χ3n) is 4.36. The summed E-state index contributed by atoms with van der Waals surface area (Å²) >= 11 is 0. The molecule has 2 N–H and O–H groups in total. The number of aliphatic hydroxyl groups is 1. The average molecular weight is 390 g/mol. The molecule has 1 rings (SSSR count). The molecule has 0 aromatic rings. The highest BCUT2D eigenvalue weighted by atomic mass is 16.6. The number of esters is 1. The van der Waals surface area contributed by atoms with Gasteiger partial charge in [-0.2, -0.15) is 0 Å². The molecule has 0 amide bonds. The minimum atomic E-state index is -1.15. The Bertz CT molecular complexity index is 671. The van der Waals surface area contributed by atoms with Crippen molar-refractivity contribution in [2.45, 2.75) is 70.5 Å². The molecule has 0 unspecified atom stereocenters. The molecule has 0 fully saturated rings. The van der Waals surface area contributed by atoms with Gasteiger partial charge >= 0.3 is 11.9 Å². The van der Waals surface area contributed by atoms with Crippen LogP contribution < -0.4 is 0 Å². The maximum Gasteiger partial charge on any atom is 0.303 e. The summed E-state index contributed by atoms with van der Waals surface area (Å²) in [7, 11) is 0. The molecule has 28 heavy (non-hydrogen) atoms. The quantitative estimate of drug-likeness (QED) is 0.228. The molecular formula is C22H30O6. The summed E-state index contributed by atoms with van der Waals surface area (Å²) in [4.78, 5) is 34.5. The number of aliphatic carboxylic acids is 1. The number of allylic oxidation sites excluding steroid dienone is 4. The summed E-state index contributed by atoms with van der Waals surface area (Å²) in [6.45, 7) is 3.43. The fourth-order valence-corrected chi connectivity index (χ4v) is 2.92. The number of unbranched alkanes of at least 4 members (excludes halogenated alkanes) is 3. The van der Waals surface area contributed by atoms with E-state index in [4.69, 9.17) is 9.84 Å². The van der Waals surface area contributed by atoms with E-state index in [0.29, 0.717) is 12.0 Å². The monoisotopic (exact) mass is 390 g/mol. The number of carbonyl (C=O) groups is 3. The van der Waals surface area contributed by atoms with E-state index < -0.39 is 23.6 Å². The number of carbonyl (C=O) groups excluding carboxylic acids is 2. The molecular weight excluding hydrogens is 360 g/mol. The normalized spacial score (nSPS) is 21.8. The minimum absolute atomic E-state index is 0.0801. The van der Waals surface area contributed by atoms with Crippen LogP contribution in [0.25, 0.3) is 0 Å². The van der Waals surface area contributed by atoms with E-state index in [1.54, 1.807) is 6.08 Å². The molecule has 0 aromatic carbocycles. The third-order valence-corrected chi connectivity index (χ3v) is 4.36. The van der Waals surface area contributed by atoms with Crippen molar-refractivity contribution in [3.63, 3.8) is 0 Å². The predicted octanol–water partition coefficient (Wildman–Crippen LogP) is 3.66. The Morgan fingerprint density at radius 2 is 2.04 bits per heavy atom. The van der Waals surface area contributed by atoms with E-state index in [1.165, 1.54) is 31.2 Å². The highest BCUT2D eigenvalue weighted by molar-refractivity contribution is 6.09. The third kappa shape index (κ3) is 8.05. The zero-order valence-corrected chi connectivity index (χ0v) is 16.6. The number of ether oxygens (including phenoxy) is 1. The standard InChI is InChI=1S/C22H30O6/c1-3-4-5-6-7-8-15-22(28-17(2)23)16-14-20(25)19(22)11-9-10-18(24)12-13-21(26)27/h7-11,14,16,18,24H,3-6,12-13,15H2,1-2H3,(H,26,27)/b8-7-,10-9+,19-11-/t18-,22-/m0/s1. The summed E-state index contributed by atoms with van der Waals surface area (Å²) in [5.41, 5.74) is -0.844. The summed E-state index contributed by atoms with van der Waals surface area (Å²) in [5.74, 6) is -1.74. The summed E-state index contributed by atoms with van der Waals surface area (Å²) in [6, 6.07) is 0. The van der Waals surface area contributed by atoms with E-state index in [9.17, 15) is 19.5 Å². The highest BCUT2D eigenvalue weighted by Crippen LogP contribution is 2.34. The van der Waals surface area contributed by atoms with Crippen molar-refractivity contribution in [1.29, 1.82) is 0 Å². The van der Waals surface area contributed by atoms with Crippen LogP contribution >= 0.6 is 0 Å². The van der Waals surface area contributed by atoms with E-state index in [1.807, 2.05) is 12.2 Å². The second kappa shape index (κ2) is 12.1. The Balaban J connectivity index is 2.90. The Hall–Kier alpha value is -2.47. The second-order valence-corrected chi connectivity index (χ2v) is 6.82. The lowest BCUT2D eigenvalue weighted by atomic mass is 9.91. The van der Waals surface area contributed by atoms with E-state index in [-0.39, 0.29) is 18.6 Å². The number of aliphatic hydroxyl groups excluding tert-OH is 1. The van der Waals surface area contributed by atoms with Gasteiger partial charge in [0.25, 0.3) is 0 Å². The smallest absolute Gasteiger partial charge is 0.303 e. The van der Waals surface area contributed by atoms with Crippen LogP contribution in [-0.2, 0) is 19.1 Å². The Morgan fingerprint density at radius 1 is 1.29 bits per heavy atom. The fourth-order valence-electron chi connectivity index (χ4n) is 2.92. The molecule has 0 spiro atoms. The first-order valence-electron chi connectivity index (χ1n) is 9.67. The molecule has 154 valence electrons. The van der Waals surface area contributed by atoms with Crippen molar-refractivity contribution in [2.24, 2.45) is 0 Å². The molecule has 1 aliphatic rings. The Morgan fingerprint density at radius 3 is 2.68 bits per heavy atom. The average Bonchev–Trinajstić information content (AvgIpc) is 2.92. The lowest BCUT2D eigenvalue weighted by Gasteiger charge is -2.27. The molecule has 0 aliphatic heterocycles. The molecule has 6 nitrogen and oxygen atoms in total. The van der Waals surface area contributed by atoms with Crippen LogP contribution in [0.15, 0.2) is 48.1 Å². The van der Waals surface area contributed by atoms with E-state index in [2.05, 4.69) is 6.92 Å². The molecule has 0 bridgehead atoms. The summed E-state index contributed by atoms with van der Waals surface area (Å²) in [6.07, 6.45) is 15.0. The van der Waals surface area contributed by atoms with Gasteiger partial charge in [0.2, 0.25) is 0 Å². The SMILES string of the molecule is CCCCC/C=C\C[C@]1(OC(C)=O)C=CC(=O)/C1=C/C=C/[C@H](O)CCC(=O)O. The van der Waals surface area contributed by atoms with Crippen molar-refractivity contribution in [3.8, 4) is 0 Å². The molecule has 0 saturated heterocycles. The van der Waals surface area contributed by atoms with Crippen molar-refractivity contribution in [2.75, 3.05) is 0 Å². The maximum atomic E-state index is 12.3. The second-order valence-electron chi connectivity index (χ2n) is 6.82. The Kier molecular flexibility index (Phi) is 10.2. The topological polar surface area (TPSA) is 101 Å². The van der Waals surface area contributed by atoms with E-state index >= 15 is 0 Å². The number of carboxylic acids is 1. The number of carboxylic acid groups (broad SMARTS) is 1. The van der Waals surface area contributed by atoms with Crippen molar-refractivity contribution < 1.29 is 29.3 Å². The maximum absolute atomic E-state index is 12.3. The van der Waals surface area contributed by atoms with Crippen LogP contribution in [0.3, 0.4) is 0 Å². The van der Waals surface area contributed by atoms with Crippen LogP contribution in [0, 0.1) is 0 Å². The van der Waals surface area contributed by atoms with Gasteiger partial charge in [0, 0.05) is 25.3 Å². The van der Waals surface area contributed by atoms with Gasteiger partial charge in [0.05, 0.1) is 6.10 Å². The first-order chi connectivity index (χ1) is 13.3. The van der Waals surface area contributed by atoms with Crippen molar-refractivity contribution in [1.82, 2.24) is 0 Å². The van der Waals surface area contributed by atoms with Crippen molar-refractivity contribution in [3.05, 3.63) is 48.1 Å². The first-order valence-corrected chi connectivity index (χ1v) is 9.67. The lowest BCUT2D eigenvalue weighted by molar-refractivity contribution is -0.149. The van der Waals surface area contributed by atoms with Gasteiger partial charge in [-0.05, 0) is 31.4 Å². The first kappa shape index (κ1) is 23.6. The molecule has 2 atom stereocenters. The van der Waals surface area contributed by atoms with Gasteiger partial charge in [-0.25, -0.2) is 0 Å². The zero-order chi connectivity index (χ0) is 21.0. The molecule has 0 aromatic heterocycles. The Labute approximate surface area is 166 Å². The van der Waals surface area contributed by atoms with Crippen LogP contribution in [0.5, 0.6) is 0 Å². The molecule has 6 heteroatoms. The molecule has 1 aliphatic carbocycles. The number of ketones is 1. The molecule has 0 radical (unpaired) electrons. The molecule has 0 saturated carbocycles. The van der Waals surface area contributed by atoms with Gasteiger partial charge in [-0.3, -0.25) is 14.4 Å². The van der Waals surface area contributed by atoms with Gasteiger partial charge in [0.1, 0.15) is 0 Å². The molecule has 0 heterocycles. The minimum Gasteiger partial charge on any atom is -0.481 e. The summed E-state index contributed by atoms with van der Waals surface area (Å²) in [5, 5.41) is 18.4. The van der Waals surface area contributed by atoms with Gasteiger partial charge in [-0.15, -0.1) is 0 Å². The van der Waals surface area contributed by atoms with Gasteiger partial charge in [0.15, 0.2) is 11.4 Å². The number of rotatable bonds is 12. The van der Waals surface area contributed by atoms with Gasteiger partial charge in [-0.1, -0.05) is 50.1 Å².